The number of nitrogens with two attached hydrogens (primary N) is 1. The molecule has 1 aliphatic rings. The van der Waals surface area contributed by atoms with Crippen molar-refractivity contribution in [3.05, 3.63) is 18.2 Å². The second-order valence-corrected chi connectivity index (χ2v) is 4.16. The number of carbonyl (C=O) groups is 2. The third-order valence-electron chi connectivity index (χ3n) is 2.77. The van der Waals surface area contributed by atoms with E-state index < -0.39 is 12.0 Å². The van der Waals surface area contributed by atoms with E-state index in [2.05, 4.69) is 5.32 Å². The number of amides is 2. The summed E-state index contributed by atoms with van der Waals surface area (Å²) < 4.78 is 5.48. The maximum absolute atomic E-state index is 11.8. The lowest BCUT2D eigenvalue weighted by Crippen LogP contribution is -2.41. The lowest BCUT2D eigenvalue weighted by atomic mass is 10.2. The van der Waals surface area contributed by atoms with Crippen molar-refractivity contribution in [3.63, 3.8) is 0 Å². The van der Waals surface area contributed by atoms with Crippen molar-refractivity contribution in [2.45, 2.75) is 13.0 Å². The van der Waals surface area contributed by atoms with Gasteiger partial charge in [-0.05, 0) is 25.1 Å². The van der Waals surface area contributed by atoms with Crippen LogP contribution in [0.2, 0.25) is 0 Å². The van der Waals surface area contributed by atoms with Crippen LogP contribution < -0.4 is 20.7 Å². The Bertz CT molecular complexity index is 501. The zero-order valence-electron chi connectivity index (χ0n) is 10.3. The SMILES string of the molecule is CC1Oc2ccc(NCC(N)=O)cc2N(C)C1=O. The monoisotopic (exact) mass is 249 g/mol. The van der Waals surface area contributed by atoms with Crippen LogP contribution >= 0.6 is 0 Å². The molecule has 6 nitrogen and oxygen atoms in total. The van der Waals surface area contributed by atoms with Crippen molar-refractivity contribution in [2.75, 3.05) is 23.8 Å². The minimum absolute atomic E-state index is 0.0493. The number of hydrogen-bond donors (Lipinski definition) is 2. The molecule has 0 spiro atoms. The third-order valence-corrected chi connectivity index (χ3v) is 2.77. The second-order valence-electron chi connectivity index (χ2n) is 4.16. The number of nitrogens with one attached hydrogen (secondary N) is 1. The summed E-state index contributed by atoms with van der Waals surface area (Å²) in [6.45, 7) is 1.76. The van der Waals surface area contributed by atoms with Crippen LogP contribution in [0.15, 0.2) is 18.2 Å². The smallest absolute Gasteiger partial charge is 0.267 e. The quantitative estimate of drug-likeness (QED) is 0.808. The van der Waals surface area contributed by atoms with Gasteiger partial charge < -0.3 is 20.7 Å². The molecule has 0 aliphatic carbocycles. The Morgan fingerprint density at radius 2 is 2.28 bits per heavy atom. The maximum Gasteiger partial charge on any atom is 0.267 e. The number of likely N-dealkylation sites (N-methyl/N-ethyl adjacent to an activating group) is 1. The van der Waals surface area contributed by atoms with E-state index in [-0.39, 0.29) is 12.5 Å². The van der Waals surface area contributed by atoms with Crippen LogP contribution in [-0.4, -0.2) is 31.5 Å². The van der Waals surface area contributed by atoms with E-state index in [1.54, 1.807) is 37.1 Å². The number of carbonyl (C=O) groups excluding carboxylic acids is 2. The van der Waals surface area contributed by atoms with Gasteiger partial charge in [-0.15, -0.1) is 0 Å². The van der Waals surface area contributed by atoms with E-state index in [1.165, 1.54) is 0 Å². The highest BCUT2D eigenvalue weighted by Crippen LogP contribution is 2.35. The number of anilines is 2. The van der Waals surface area contributed by atoms with Crippen molar-refractivity contribution in [2.24, 2.45) is 5.73 Å². The molecule has 1 atom stereocenters. The molecule has 0 aromatic heterocycles. The number of benzene rings is 1. The zero-order chi connectivity index (χ0) is 13.3. The predicted octanol–water partition coefficient (Wildman–Crippen LogP) is 0.327. The van der Waals surface area contributed by atoms with Gasteiger partial charge in [-0.25, -0.2) is 0 Å². The first-order valence-corrected chi connectivity index (χ1v) is 5.59. The number of primary amides is 1. The van der Waals surface area contributed by atoms with Gasteiger partial charge in [-0.3, -0.25) is 9.59 Å². The highest BCUT2D eigenvalue weighted by molar-refractivity contribution is 5.99. The molecule has 1 aromatic carbocycles. The van der Waals surface area contributed by atoms with Crippen LogP contribution in [0, 0.1) is 0 Å². The molecule has 1 aromatic rings. The molecule has 1 aliphatic heterocycles. The van der Waals surface area contributed by atoms with Gasteiger partial charge in [0.2, 0.25) is 5.91 Å². The Balaban J connectivity index is 2.26. The fourth-order valence-corrected chi connectivity index (χ4v) is 1.81. The molecule has 1 unspecified atom stereocenters. The van der Waals surface area contributed by atoms with Gasteiger partial charge in [0.05, 0.1) is 12.2 Å². The van der Waals surface area contributed by atoms with Crippen LogP contribution in [-0.2, 0) is 9.59 Å². The second kappa shape index (κ2) is 4.56. The fourth-order valence-electron chi connectivity index (χ4n) is 1.81. The van der Waals surface area contributed by atoms with Gasteiger partial charge in [0.1, 0.15) is 5.75 Å². The van der Waals surface area contributed by atoms with E-state index in [1.807, 2.05) is 0 Å². The standard InChI is InChI=1S/C12H15N3O3/c1-7-12(17)15(2)9-5-8(14-6-11(13)16)3-4-10(9)18-7/h3-5,7,14H,6H2,1-2H3,(H2,13,16). The Labute approximate surface area is 105 Å². The van der Waals surface area contributed by atoms with E-state index >= 15 is 0 Å². The highest BCUT2D eigenvalue weighted by Gasteiger charge is 2.28. The Morgan fingerprint density at radius 3 is 2.94 bits per heavy atom. The van der Waals surface area contributed by atoms with Crippen molar-refractivity contribution in [3.8, 4) is 5.75 Å². The normalized spacial score (nSPS) is 18.0. The molecule has 96 valence electrons. The van der Waals surface area contributed by atoms with Crippen LogP contribution in [0.1, 0.15) is 6.92 Å². The van der Waals surface area contributed by atoms with Gasteiger partial charge in [0.15, 0.2) is 6.10 Å². The fraction of sp³-hybridized carbons (Fsp3) is 0.333. The lowest BCUT2D eigenvalue weighted by molar-refractivity contribution is -0.125. The van der Waals surface area contributed by atoms with E-state index in [0.717, 1.165) is 0 Å². The van der Waals surface area contributed by atoms with Crippen LogP contribution in [0.25, 0.3) is 0 Å². The van der Waals surface area contributed by atoms with Crippen LogP contribution in [0.4, 0.5) is 11.4 Å². The minimum Gasteiger partial charge on any atom is -0.479 e. The van der Waals surface area contributed by atoms with Gasteiger partial charge in [0, 0.05) is 12.7 Å². The molecule has 18 heavy (non-hydrogen) atoms. The van der Waals surface area contributed by atoms with Crippen molar-refractivity contribution < 1.29 is 14.3 Å². The number of fused-ring (bicyclic) bond motifs is 1. The predicted molar refractivity (Wildman–Crippen MR) is 67.6 cm³/mol. The molecular weight excluding hydrogens is 234 g/mol. The minimum atomic E-state index is -0.480. The first-order valence-electron chi connectivity index (χ1n) is 5.59. The average Bonchev–Trinajstić information content (AvgIpc) is 2.34. The average molecular weight is 249 g/mol. The lowest BCUT2D eigenvalue weighted by Gasteiger charge is -2.30. The first-order chi connectivity index (χ1) is 8.49. The molecule has 1 heterocycles. The Morgan fingerprint density at radius 1 is 1.56 bits per heavy atom. The summed E-state index contributed by atoms with van der Waals surface area (Å²) in [7, 11) is 1.69. The molecule has 2 rings (SSSR count). The van der Waals surface area contributed by atoms with Crippen LogP contribution in [0.3, 0.4) is 0 Å². The largest absolute Gasteiger partial charge is 0.479 e. The molecular formula is C12H15N3O3. The molecule has 2 amide bonds. The van der Waals surface area contributed by atoms with Gasteiger partial charge >= 0.3 is 0 Å². The zero-order valence-corrected chi connectivity index (χ0v) is 10.3. The molecule has 0 saturated carbocycles. The number of hydrogen-bond acceptors (Lipinski definition) is 4. The number of rotatable bonds is 3. The molecule has 0 radical (unpaired) electrons. The summed E-state index contributed by atoms with van der Waals surface area (Å²) in [5.41, 5.74) is 6.44. The van der Waals surface area contributed by atoms with Gasteiger partial charge in [-0.2, -0.15) is 0 Å². The van der Waals surface area contributed by atoms with Gasteiger partial charge in [-0.1, -0.05) is 0 Å². The van der Waals surface area contributed by atoms with E-state index in [9.17, 15) is 9.59 Å². The molecule has 0 fully saturated rings. The highest BCUT2D eigenvalue weighted by atomic mass is 16.5. The van der Waals surface area contributed by atoms with Gasteiger partial charge in [0.25, 0.3) is 5.91 Å². The molecule has 0 bridgehead atoms. The summed E-state index contributed by atoms with van der Waals surface area (Å²) in [6, 6.07) is 5.29. The summed E-state index contributed by atoms with van der Waals surface area (Å²) in [6.07, 6.45) is -0.480. The van der Waals surface area contributed by atoms with E-state index in [4.69, 9.17) is 10.5 Å². The Kier molecular flexibility index (Phi) is 3.10. The summed E-state index contributed by atoms with van der Waals surface area (Å²) in [5.74, 6) is 0.103. The molecule has 6 heteroatoms. The first kappa shape index (κ1) is 12.2. The Hall–Kier alpha value is -2.24. The molecule has 3 N–H and O–H groups in total. The van der Waals surface area contributed by atoms with Crippen molar-refractivity contribution in [1.82, 2.24) is 0 Å². The van der Waals surface area contributed by atoms with Crippen molar-refractivity contribution in [1.29, 1.82) is 0 Å². The third kappa shape index (κ3) is 2.22. The van der Waals surface area contributed by atoms with Crippen LogP contribution in [0.5, 0.6) is 5.75 Å². The van der Waals surface area contributed by atoms with Crippen molar-refractivity contribution >= 4 is 23.2 Å². The summed E-state index contributed by atoms with van der Waals surface area (Å²) in [4.78, 5) is 24.0. The summed E-state index contributed by atoms with van der Waals surface area (Å²) >= 11 is 0. The molecule has 0 saturated heterocycles. The maximum atomic E-state index is 11.8. The number of nitrogens with zero attached hydrogens (tertiary/aromatic N) is 1. The topological polar surface area (TPSA) is 84.7 Å². The summed E-state index contributed by atoms with van der Waals surface area (Å²) in [5, 5.41) is 2.87. The van der Waals surface area contributed by atoms with E-state index in [0.29, 0.717) is 17.1 Å². The number of ether oxygens (including phenoxy) is 1.